The first-order valence-electron chi connectivity index (χ1n) is 12.3. The Labute approximate surface area is 227 Å². The lowest BCUT2D eigenvalue weighted by atomic mass is 9.96. The van der Waals surface area contributed by atoms with Crippen LogP contribution in [0, 0.1) is 0 Å². The SMILES string of the molecule is C=CCN1C(=O)/C(=c2\sc3n(c2=O)C(c2ccc(OC(C)=O)cc2)C(C(=O)OCC)=C(C)N=3)c2ccccc21. The zero-order valence-electron chi connectivity index (χ0n) is 21.6. The first kappa shape index (κ1) is 26.1. The predicted molar refractivity (Wildman–Crippen MR) is 146 cm³/mol. The van der Waals surface area contributed by atoms with Crippen LogP contribution in [0.4, 0.5) is 5.69 Å². The lowest BCUT2D eigenvalue weighted by molar-refractivity contribution is -0.139. The van der Waals surface area contributed by atoms with E-state index in [0.717, 1.165) is 11.3 Å². The van der Waals surface area contributed by atoms with Gasteiger partial charge in [-0.25, -0.2) is 9.79 Å². The third-order valence-corrected chi connectivity index (χ3v) is 7.47. The van der Waals surface area contributed by atoms with Crippen LogP contribution in [0.25, 0.3) is 5.57 Å². The summed E-state index contributed by atoms with van der Waals surface area (Å²) in [5.74, 6) is -1.03. The molecule has 1 aromatic heterocycles. The molecule has 0 N–H and O–H groups in total. The number of hydrogen-bond acceptors (Lipinski definition) is 8. The summed E-state index contributed by atoms with van der Waals surface area (Å²) in [6.45, 7) is 8.89. The largest absolute Gasteiger partial charge is 0.463 e. The number of aromatic nitrogens is 1. The van der Waals surface area contributed by atoms with E-state index in [1.54, 1.807) is 49.1 Å². The van der Waals surface area contributed by atoms with Gasteiger partial charge in [-0.2, -0.15) is 0 Å². The molecule has 2 aliphatic heterocycles. The lowest BCUT2D eigenvalue weighted by Crippen LogP contribution is -2.41. The quantitative estimate of drug-likeness (QED) is 0.269. The van der Waals surface area contributed by atoms with Gasteiger partial charge in [-0.15, -0.1) is 6.58 Å². The minimum Gasteiger partial charge on any atom is -0.463 e. The number of hydrogen-bond donors (Lipinski definition) is 0. The summed E-state index contributed by atoms with van der Waals surface area (Å²) < 4.78 is 12.1. The number of fused-ring (bicyclic) bond motifs is 2. The maximum absolute atomic E-state index is 14.1. The molecule has 10 heteroatoms. The van der Waals surface area contributed by atoms with E-state index in [2.05, 4.69) is 11.6 Å². The normalized spacial score (nSPS) is 17.4. The van der Waals surface area contributed by atoms with Gasteiger partial charge in [-0.3, -0.25) is 19.0 Å². The molecule has 2 aromatic carbocycles. The van der Waals surface area contributed by atoms with Crippen molar-refractivity contribution in [3.63, 3.8) is 0 Å². The standard InChI is InChI=1S/C29H25N3O6S/c1-5-15-31-21-10-8-7-9-20(21)23(26(31)34)25-27(35)32-24(18-11-13-19(14-12-18)38-17(4)33)22(28(36)37-6-2)16(3)30-29(32)39-25/h5,7-14,24H,1,6,15H2,2-4H3/b25-23-. The van der Waals surface area contributed by atoms with E-state index in [1.165, 1.54) is 11.5 Å². The molecule has 0 saturated carbocycles. The first-order chi connectivity index (χ1) is 18.8. The van der Waals surface area contributed by atoms with Crippen molar-refractivity contribution in [1.29, 1.82) is 0 Å². The van der Waals surface area contributed by atoms with Crippen molar-refractivity contribution in [2.45, 2.75) is 26.8 Å². The summed E-state index contributed by atoms with van der Waals surface area (Å²) in [5.41, 5.74) is 2.41. The zero-order chi connectivity index (χ0) is 27.8. The molecular formula is C29H25N3O6S. The van der Waals surface area contributed by atoms with Gasteiger partial charge in [0, 0.05) is 19.0 Å². The Hall–Kier alpha value is -4.57. The molecule has 0 saturated heterocycles. The van der Waals surface area contributed by atoms with Crippen molar-refractivity contribution >= 4 is 40.4 Å². The number of ether oxygens (including phenoxy) is 2. The van der Waals surface area contributed by atoms with Gasteiger partial charge >= 0.3 is 11.9 Å². The van der Waals surface area contributed by atoms with Crippen LogP contribution in [0.5, 0.6) is 5.75 Å². The zero-order valence-corrected chi connectivity index (χ0v) is 22.4. The maximum atomic E-state index is 14.1. The third-order valence-electron chi connectivity index (χ3n) is 6.41. The van der Waals surface area contributed by atoms with Gasteiger partial charge in [-0.05, 0) is 37.6 Å². The van der Waals surface area contributed by atoms with Gasteiger partial charge in [0.05, 0.1) is 35.2 Å². The van der Waals surface area contributed by atoms with Crippen LogP contribution in [0.3, 0.4) is 0 Å². The van der Waals surface area contributed by atoms with Gasteiger partial charge in [0.15, 0.2) is 4.80 Å². The van der Waals surface area contributed by atoms with Gasteiger partial charge in [0.1, 0.15) is 10.3 Å². The van der Waals surface area contributed by atoms with Crippen molar-refractivity contribution in [2.75, 3.05) is 18.1 Å². The minimum absolute atomic E-state index is 0.146. The number of para-hydroxylation sites is 1. The van der Waals surface area contributed by atoms with E-state index in [-0.39, 0.29) is 22.6 Å². The number of carbonyl (C=O) groups is 3. The lowest BCUT2D eigenvalue weighted by Gasteiger charge is -2.24. The number of anilines is 1. The van der Waals surface area contributed by atoms with Crippen LogP contribution in [0.15, 0.2) is 82.2 Å². The van der Waals surface area contributed by atoms with E-state index in [4.69, 9.17) is 9.47 Å². The van der Waals surface area contributed by atoms with Gasteiger partial charge < -0.3 is 14.4 Å². The Morgan fingerprint density at radius 3 is 2.51 bits per heavy atom. The van der Waals surface area contributed by atoms with Crippen LogP contribution >= 0.6 is 11.3 Å². The highest BCUT2D eigenvalue weighted by Crippen LogP contribution is 2.35. The molecule has 0 aliphatic carbocycles. The van der Waals surface area contributed by atoms with Gasteiger partial charge in [0.25, 0.3) is 11.5 Å². The summed E-state index contributed by atoms with van der Waals surface area (Å²) >= 11 is 1.11. The molecule has 2 aliphatic rings. The first-order valence-corrected chi connectivity index (χ1v) is 13.1. The molecule has 0 fully saturated rings. The average molecular weight is 544 g/mol. The number of nitrogens with zero attached hydrogens (tertiary/aromatic N) is 3. The molecule has 1 unspecified atom stereocenters. The van der Waals surface area contributed by atoms with E-state index >= 15 is 0 Å². The minimum atomic E-state index is -0.864. The van der Waals surface area contributed by atoms with Crippen LogP contribution in [-0.4, -0.2) is 35.6 Å². The molecule has 9 nitrogen and oxygen atoms in total. The van der Waals surface area contributed by atoms with Gasteiger partial charge in [-0.1, -0.05) is 47.7 Å². The van der Waals surface area contributed by atoms with Crippen LogP contribution in [-0.2, 0) is 19.1 Å². The predicted octanol–water partition coefficient (Wildman–Crippen LogP) is 2.63. The highest BCUT2D eigenvalue weighted by Gasteiger charge is 2.37. The molecule has 0 spiro atoms. The number of allylic oxidation sites excluding steroid dienone is 1. The topological polar surface area (TPSA) is 107 Å². The fourth-order valence-electron chi connectivity index (χ4n) is 4.85. The Balaban J connectivity index is 1.77. The number of rotatable bonds is 6. The van der Waals surface area contributed by atoms with Crippen LogP contribution in [0.1, 0.15) is 37.9 Å². The highest BCUT2D eigenvalue weighted by atomic mass is 32.1. The Morgan fingerprint density at radius 2 is 1.85 bits per heavy atom. The van der Waals surface area contributed by atoms with Crippen molar-refractivity contribution in [3.8, 4) is 5.75 Å². The van der Waals surface area contributed by atoms with E-state index in [0.29, 0.717) is 45.2 Å². The fourth-order valence-corrected chi connectivity index (χ4v) is 5.99. The Morgan fingerprint density at radius 1 is 1.13 bits per heavy atom. The number of benzene rings is 2. The van der Waals surface area contributed by atoms with Crippen molar-refractivity contribution in [3.05, 3.63) is 103 Å². The number of carbonyl (C=O) groups excluding carboxylic acids is 3. The molecular weight excluding hydrogens is 518 g/mol. The molecule has 5 rings (SSSR count). The summed E-state index contributed by atoms with van der Waals surface area (Å²) in [6, 6.07) is 13.0. The molecule has 0 bridgehead atoms. The van der Waals surface area contributed by atoms with E-state index in [1.807, 2.05) is 24.3 Å². The van der Waals surface area contributed by atoms with Gasteiger partial charge in [0.2, 0.25) is 0 Å². The highest BCUT2D eigenvalue weighted by molar-refractivity contribution is 7.07. The molecule has 3 aromatic rings. The number of esters is 2. The Bertz CT molecular complexity index is 1750. The summed E-state index contributed by atoms with van der Waals surface area (Å²) in [4.78, 5) is 58.7. The summed E-state index contributed by atoms with van der Waals surface area (Å²) in [6.07, 6.45) is 1.63. The molecule has 0 radical (unpaired) electrons. The average Bonchev–Trinajstić information content (AvgIpc) is 3.36. The maximum Gasteiger partial charge on any atom is 0.338 e. The second kappa shape index (κ2) is 10.3. The summed E-state index contributed by atoms with van der Waals surface area (Å²) in [7, 11) is 0. The second-order valence-corrected chi connectivity index (χ2v) is 9.86. The molecule has 1 atom stereocenters. The molecule has 1 amide bonds. The van der Waals surface area contributed by atoms with E-state index in [9.17, 15) is 19.2 Å². The van der Waals surface area contributed by atoms with Crippen molar-refractivity contribution in [2.24, 2.45) is 4.99 Å². The number of amides is 1. The van der Waals surface area contributed by atoms with Crippen LogP contribution in [0.2, 0.25) is 0 Å². The molecule has 198 valence electrons. The molecule has 3 heterocycles. The smallest absolute Gasteiger partial charge is 0.338 e. The monoisotopic (exact) mass is 543 g/mol. The fraction of sp³-hybridized carbons (Fsp3) is 0.207. The van der Waals surface area contributed by atoms with Crippen molar-refractivity contribution < 1.29 is 23.9 Å². The Kier molecular flexibility index (Phi) is 6.88. The number of thiazole rings is 1. The van der Waals surface area contributed by atoms with Crippen LogP contribution < -0.4 is 24.5 Å². The van der Waals surface area contributed by atoms with E-state index < -0.39 is 23.5 Å². The molecule has 39 heavy (non-hydrogen) atoms. The second-order valence-electron chi connectivity index (χ2n) is 8.88. The summed E-state index contributed by atoms with van der Waals surface area (Å²) in [5, 5.41) is 0. The van der Waals surface area contributed by atoms with Crippen molar-refractivity contribution in [1.82, 2.24) is 4.57 Å². The third kappa shape index (κ3) is 4.42.